The molecule has 1 aliphatic rings. The van der Waals surface area contributed by atoms with Gasteiger partial charge in [0.05, 0.1) is 24.1 Å². The van der Waals surface area contributed by atoms with E-state index < -0.39 is 17.7 Å². The van der Waals surface area contributed by atoms with Crippen molar-refractivity contribution >= 4 is 29.4 Å². The Morgan fingerprint density at radius 2 is 1.80 bits per heavy atom. The van der Waals surface area contributed by atoms with E-state index in [2.05, 4.69) is 4.74 Å². The van der Waals surface area contributed by atoms with Gasteiger partial charge in [0.1, 0.15) is 5.82 Å². The molecule has 1 saturated heterocycles. The summed E-state index contributed by atoms with van der Waals surface area (Å²) < 4.78 is 18.5. The van der Waals surface area contributed by atoms with E-state index in [4.69, 9.17) is 11.6 Å². The van der Waals surface area contributed by atoms with Gasteiger partial charge in [-0.2, -0.15) is 0 Å². The molecule has 25 heavy (non-hydrogen) atoms. The number of rotatable bonds is 4. The summed E-state index contributed by atoms with van der Waals surface area (Å²) in [5.41, 5.74) is -0.144. The van der Waals surface area contributed by atoms with Crippen molar-refractivity contribution in [2.75, 3.05) is 33.3 Å². The number of carbonyl (C=O) groups is 3. The Labute approximate surface area is 150 Å². The van der Waals surface area contributed by atoms with Gasteiger partial charge < -0.3 is 14.5 Å². The van der Waals surface area contributed by atoms with Crippen LogP contribution in [0.5, 0.6) is 0 Å². The van der Waals surface area contributed by atoms with E-state index in [-0.39, 0.29) is 35.9 Å². The third-order valence-corrected chi connectivity index (χ3v) is 4.40. The van der Waals surface area contributed by atoms with E-state index in [1.165, 1.54) is 30.2 Å². The lowest BCUT2D eigenvalue weighted by Gasteiger charge is -2.22. The van der Waals surface area contributed by atoms with Gasteiger partial charge >= 0.3 is 5.97 Å². The first-order valence-electron chi connectivity index (χ1n) is 8.02. The van der Waals surface area contributed by atoms with Gasteiger partial charge in [-0.05, 0) is 18.6 Å². The van der Waals surface area contributed by atoms with E-state index in [0.717, 1.165) is 0 Å². The van der Waals surface area contributed by atoms with E-state index in [1.54, 1.807) is 4.90 Å². The maximum absolute atomic E-state index is 13.9. The highest BCUT2D eigenvalue weighted by atomic mass is 35.5. The zero-order valence-corrected chi connectivity index (χ0v) is 14.7. The molecular formula is C17H20ClFN2O4. The summed E-state index contributed by atoms with van der Waals surface area (Å²) in [7, 11) is 1.27. The second-order valence-corrected chi connectivity index (χ2v) is 6.11. The monoisotopic (exact) mass is 370 g/mol. The number of halogens is 2. The first-order chi connectivity index (χ1) is 11.9. The van der Waals surface area contributed by atoms with Crippen LogP contribution in [0.2, 0.25) is 5.02 Å². The first-order valence-corrected chi connectivity index (χ1v) is 8.39. The maximum Gasteiger partial charge on any atom is 0.306 e. The zero-order chi connectivity index (χ0) is 18.4. The number of amides is 2. The molecule has 1 fully saturated rings. The van der Waals surface area contributed by atoms with Gasteiger partial charge in [0.2, 0.25) is 5.91 Å². The lowest BCUT2D eigenvalue weighted by molar-refractivity contribution is -0.143. The summed E-state index contributed by atoms with van der Waals surface area (Å²) in [6.45, 7) is 1.50. The predicted octanol–water partition coefficient (Wildman–Crippen LogP) is 2.11. The van der Waals surface area contributed by atoms with Crippen molar-refractivity contribution in [3.8, 4) is 0 Å². The van der Waals surface area contributed by atoms with Gasteiger partial charge in [0, 0.05) is 32.6 Å². The fraction of sp³-hybridized carbons (Fsp3) is 0.471. The zero-order valence-electron chi connectivity index (χ0n) is 14.0. The Hall–Kier alpha value is -2.15. The quantitative estimate of drug-likeness (QED) is 0.761. The van der Waals surface area contributed by atoms with E-state index >= 15 is 0 Å². The topological polar surface area (TPSA) is 66.9 Å². The molecule has 0 atom stereocenters. The number of esters is 1. The van der Waals surface area contributed by atoms with Crippen LogP contribution >= 0.6 is 11.6 Å². The minimum atomic E-state index is -0.659. The van der Waals surface area contributed by atoms with Crippen LogP contribution in [0.25, 0.3) is 0 Å². The van der Waals surface area contributed by atoms with E-state index in [1.807, 2.05) is 0 Å². The Kier molecular flexibility index (Phi) is 6.75. The van der Waals surface area contributed by atoms with Gasteiger partial charge in [0.25, 0.3) is 5.91 Å². The molecule has 1 heterocycles. The summed E-state index contributed by atoms with van der Waals surface area (Å²) in [6, 6.07) is 4.11. The number of methoxy groups -OCH3 is 1. The minimum Gasteiger partial charge on any atom is -0.469 e. The maximum atomic E-state index is 13.9. The molecule has 1 aliphatic heterocycles. The van der Waals surface area contributed by atoms with Gasteiger partial charge in [-0.1, -0.05) is 17.7 Å². The molecule has 0 saturated carbocycles. The third kappa shape index (κ3) is 4.92. The Bertz CT molecular complexity index is 648. The van der Waals surface area contributed by atoms with Crippen molar-refractivity contribution in [1.29, 1.82) is 0 Å². The van der Waals surface area contributed by atoms with Crippen molar-refractivity contribution in [2.24, 2.45) is 0 Å². The number of hydrogen-bond donors (Lipinski definition) is 0. The number of benzene rings is 1. The highest BCUT2D eigenvalue weighted by Gasteiger charge is 2.26. The molecule has 0 aliphatic carbocycles. The predicted molar refractivity (Wildman–Crippen MR) is 89.8 cm³/mol. The first kappa shape index (κ1) is 19.2. The summed E-state index contributed by atoms with van der Waals surface area (Å²) in [6.07, 6.45) is 0.668. The van der Waals surface area contributed by atoms with Gasteiger partial charge in [-0.3, -0.25) is 14.4 Å². The van der Waals surface area contributed by atoms with Crippen LogP contribution in [0.1, 0.15) is 29.6 Å². The molecule has 1 aromatic carbocycles. The van der Waals surface area contributed by atoms with Crippen LogP contribution in [0.3, 0.4) is 0 Å². The van der Waals surface area contributed by atoms with Gasteiger partial charge in [0.15, 0.2) is 0 Å². The van der Waals surface area contributed by atoms with E-state index in [0.29, 0.717) is 26.1 Å². The highest BCUT2D eigenvalue weighted by Crippen LogP contribution is 2.21. The second-order valence-electron chi connectivity index (χ2n) is 5.70. The molecule has 0 spiro atoms. The van der Waals surface area contributed by atoms with Crippen LogP contribution in [0, 0.1) is 5.82 Å². The van der Waals surface area contributed by atoms with Crippen molar-refractivity contribution in [3.63, 3.8) is 0 Å². The highest BCUT2D eigenvalue weighted by molar-refractivity contribution is 6.33. The second kappa shape index (κ2) is 8.80. The SMILES string of the molecule is COC(=O)CCC(=O)N1CCCN(C(=O)c2c(F)cccc2Cl)CC1. The Morgan fingerprint density at radius 1 is 1.12 bits per heavy atom. The Morgan fingerprint density at radius 3 is 2.48 bits per heavy atom. The number of hydrogen-bond acceptors (Lipinski definition) is 4. The van der Waals surface area contributed by atoms with Crippen LogP contribution in [0.15, 0.2) is 18.2 Å². The average Bonchev–Trinajstić information content (AvgIpc) is 2.85. The van der Waals surface area contributed by atoms with Gasteiger partial charge in [-0.25, -0.2) is 4.39 Å². The molecule has 2 rings (SSSR count). The molecule has 0 N–H and O–H groups in total. The average molecular weight is 371 g/mol. The molecule has 8 heteroatoms. The summed E-state index contributed by atoms with van der Waals surface area (Å²) in [4.78, 5) is 39.0. The van der Waals surface area contributed by atoms with E-state index in [9.17, 15) is 18.8 Å². The fourth-order valence-corrected chi connectivity index (χ4v) is 2.94. The summed E-state index contributed by atoms with van der Waals surface area (Å²) >= 11 is 5.95. The van der Waals surface area contributed by atoms with Crippen molar-refractivity contribution < 1.29 is 23.5 Å². The lowest BCUT2D eigenvalue weighted by atomic mass is 10.1. The number of nitrogens with zero attached hydrogens (tertiary/aromatic N) is 2. The smallest absolute Gasteiger partial charge is 0.306 e. The standard InChI is InChI=1S/C17H20ClFN2O4/c1-25-15(23)7-6-14(22)20-8-3-9-21(11-10-20)17(24)16-12(18)4-2-5-13(16)19/h2,4-5H,3,6-11H2,1H3. The summed E-state index contributed by atoms with van der Waals surface area (Å²) in [5.74, 6) is -1.74. The number of carbonyl (C=O) groups excluding carboxylic acids is 3. The normalized spacial score (nSPS) is 14.8. The molecule has 6 nitrogen and oxygen atoms in total. The molecule has 2 amide bonds. The fourth-order valence-electron chi connectivity index (χ4n) is 2.70. The summed E-state index contributed by atoms with van der Waals surface area (Å²) in [5, 5.41) is 0.0697. The molecule has 1 aromatic rings. The number of ether oxygens (including phenoxy) is 1. The Balaban J connectivity index is 1.98. The van der Waals surface area contributed by atoms with Crippen LogP contribution in [-0.4, -0.2) is 60.9 Å². The molecule has 0 unspecified atom stereocenters. The third-order valence-electron chi connectivity index (χ3n) is 4.08. The molecule has 136 valence electrons. The van der Waals surface area contributed by atoms with Crippen LogP contribution in [-0.2, 0) is 14.3 Å². The lowest BCUT2D eigenvalue weighted by Crippen LogP contribution is -2.37. The van der Waals surface area contributed by atoms with Crippen molar-refractivity contribution in [1.82, 2.24) is 9.80 Å². The van der Waals surface area contributed by atoms with Gasteiger partial charge in [-0.15, -0.1) is 0 Å². The minimum absolute atomic E-state index is 0.0271. The molecule has 0 aromatic heterocycles. The molecular weight excluding hydrogens is 351 g/mol. The van der Waals surface area contributed by atoms with Crippen LogP contribution in [0.4, 0.5) is 4.39 Å². The molecule has 0 bridgehead atoms. The van der Waals surface area contributed by atoms with Crippen molar-refractivity contribution in [2.45, 2.75) is 19.3 Å². The molecule has 0 radical (unpaired) electrons. The van der Waals surface area contributed by atoms with Crippen LogP contribution < -0.4 is 0 Å². The largest absolute Gasteiger partial charge is 0.469 e. The van der Waals surface area contributed by atoms with Crippen molar-refractivity contribution in [3.05, 3.63) is 34.6 Å².